The van der Waals surface area contributed by atoms with E-state index in [2.05, 4.69) is 15.3 Å². The van der Waals surface area contributed by atoms with Gasteiger partial charge in [0.15, 0.2) is 10.8 Å². The van der Waals surface area contributed by atoms with Gasteiger partial charge >= 0.3 is 0 Å². The molecular weight excluding hydrogens is 322 g/mol. The van der Waals surface area contributed by atoms with Gasteiger partial charge in [-0.25, -0.2) is 9.67 Å². The summed E-state index contributed by atoms with van der Waals surface area (Å²) in [6, 6.07) is 17.3. The molecule has 0 aliphatic carbocycles. The summed E-state index contributed by atoms with van der Waals surface area (Å²) in [7, 11) is 1.70. The first-order valence-electron chi connectivity index (χ1n) is 7.34. The summed E-state index contributed by atoms with van der Waals surface area (Å²) in [4.78, 5) is 18.6. The van der Waals surface area contributed by atoms with Crippen molar-refractivity contribution in [2.75, 3.05) is 11.9 Å². The molecule has 0 aliphatic heterocycles. The third-order valence-electron chi connectivity index (χ3n) is 3.61. The number of amides is 1. The Kier molecular flexibility index (Phi) is 3.55. The average Bonchev–Trinajstić information content (AvgIpc) is 3.28. The summed E-state index contributed by atoms with van der Waals surface area (Å²) >= 11 is 1.47. The highest BCUT2D eigenvalue weighted by Gasteiger charge is 2.20. The SMILES string of the molecule is CN(C(=O)c1cn(-c2ccccc2)nn1)c1nc2ccccc2s1. The molecule has 0 bridgehead atoms. The number of hydrogen-bond donors (Lipinski definition) is 0. The van der Waals surface area contributed by atoms with E-state index >= 15 is 0 Å². The number of thiazole rings is 1. The van der Waals surface area contributed by atoms with Crippen molar-refractivity contribution in [1.82, 2.24) is 20.0 Å². The van der Waals surface area contributed by atoms with Crippen LogP contribution >= 0.6 is 11.3 Å². The molecule has 0 N–H and O–H groups in total. The predicted molar refractivity (Wildman–Crippen MR) is 93.7 cm³/mol. The number of carbonyl (C=O) groups excluding carboxylic acids is 1. The van der Waals surface area contributed by atoms with Crippen molar-refractivity contribution in [3.05, 3.63) is 66.5 Å². The second kappa shape index (κ2) is 5.86. The first kappa shape index (κ1) is 14.5. The van der Waals surface area contributed by atoms with Crippen LogP contribution in [0.15, 0.2) is 60.8 Å². The fraction of sp³-hybridized carbons (Fsp3) is 0.0588. The maximum absolute atomic E-state index is 12.6. The predicted octanol–water partition coefficient (Wildman–Crippen LogP) is 3.15. The largest absolute Gasteiger partial charge is 0.286 e. The minimum atomic E-state index is -0.240. The van der Waals surface area contributed by atoms with Crippen LogP contribution in [0, 0.1) is 0 Å². The summed E-state index contributed by atoms with van der Waals surface area (Å²) in [6.45, 7) is 0. The molecule has 7 heteroatoms. The van der Waals surface area contributed by atoms with Gasteiger partial charge in [0.05, 0.1) is 22.1 Å². The molecule has 0 radical (unpaired) electrons. The van der Waals surface area contributed by atoms with E-state index in [-0.39, 0.29) is 11.6 Å². The molecule has 4 rings (SSSR count). The molecule has 0 unspecified atom stereocenters. The number of benzene rings is 2. The molecule has 0 spiro atoms. The van der Waals surface area contributed by atoms with E-state index in [1.165, 1.54) is 16.2 Å². The van der Waals surface area contributed by atoms with E-state index in [9.17, 15) is 4.79 Å². The van der Waals surface area contributed by atoms with Gasteiger partial charge in [-0.05, 0) is 24.3 Å². The first-order chi connectivity index (χ1) is 11.7. The second-order valence-electron chi connectivity index (χ2n) is 5.21. The number of para-hydroxylation sites is 2. The van der Waals surface area contributed by atoms with E-state index in [1.807, 2.05) is 54.6 Å². The van der Waals surface area contributed by atoms with Gasteiger partial charge in [-0.1, -0.05) is 46.9 Å². The fourth-order valence-corrected chi connectivity index (χ4v) is 3.26. The number of nitrogens with zero attached hydrogens (tertiary/aromatic N) is 5. The van der Waals surface area contributed by atoms with Crippen LogP contribution in [-0.2, 0) is 0 Å². The van der Waals surface area contributed by atoms with Crippen molar-refractivity contribution in [2.45, 2.75) is 0 Å². The van der Waals surface area contributed by atoms with Gasteiger partial charge in [-0.3, -0.25) is 9.69 Å². The molecule has 2 aromatic carbocycles. The summed E-state index contributed by atoms with van der Waals surface area (Å²) in [5.41, 5.74) is 2.01. The van der Waals surface area contributed by atoms with E-state index in [0.29, 0.717) is 5.13 Å². The van der Waals surface area contributed by atoms with Crippen molar-refractivity contribution in [3.8, 4) is 5.69 Å². The van der Waals surface area contributed by atoms with Crippen molar-refractivity contribution in [1.29, 1.82) is 0 Å². The molecule has 2 heterocycles. The minimum Gasteiger partial charge on any atom is -0.286 e. The Labute approximate surface area is 142 Å². The maximum atomic E-state index is 12.6. The molecule has 0 atom stereocenters. The van der Waals surface area contributed by atoms with Crippen LogP contribution in [0.25, 0.3) is 15.9 Å². The zero-order valence-corrected chi connectivity index (χ0v) is 13.6. The lowest BCUT2D eigenvalue weighted by Gasteiger charge is -2.10. The summed E-state index contributed by atoms with van der Waals surface area (Å²) in [5.74, 6) is -0.240. The molecule has 0 fully saturated rings. The molecule has 0 saturated carbocycles. The number of rotatable bonds is 3. The summed E-state index contributed by atoms with van der Waals surface area (Å²) < 4.78 is 2.62. The first-order valence-corrected chi connectivity index (χ1v) is 8.15. The average molecular weight is 335 g/mol. The number of carbonyl (C=O) groups is 1. The molecule has 2 aromatic heterocycles. The lowest BCUT2D eigenvalue weighted by atomic mass is 10.3. The Morgan fingerprint density at radius 1 is 1.08 bits per heavy atom. The van der Waals surface area contributed by atoms with Crippen LogP contribution in [0.5, 0.6) is 0 Å². The second-order valence-corrected chi connectivity index (χ2v) is 6.22. The molecule has 4 aromatic rings. The van der Waals surface area contributed by atoms with Crippen molar-refractivity contribution < 1.29 is 4.79 Å². The monoisotopic (exact) mass is 335 g/mol. The molecule has 0 saturated heterocycles. The number of aromatic nitrogens is 4. The summed E-state index contributed by atoms with van der Waals surface area (Å²) in [6.07, 6.45) is 1.63. The van der Waals surface area contributed by atoms with Crippen LogP contribution in [-0.4, -0.2) is 32.9 Å². The number of anilines is 1. The molecular formula is C17H13N5OS. The smallest absolute Gasteiger partial charge is 0.281 e. The highest BCUT2D eigenvalue weighted by molar-refractivity contribution is 7.22. The van der Waals surface area contributed by atoms with Crippen LogP contribution < -0.4 is 4.90 Å². The van der Waals surface area contributed by atoms with Crippen LogP contribution in [0.4, 0.5) is 5.13 Å². The quantitative estimate of drug-likeness (QED) is 0.577. The minimum absolute atomic E-state index is 0.240. The molecule has 1 amide bonds. The lowest BCUT2D eigenvalue weighted by molar-refractivity contribution is 0.0988. The van der Waals surface area contributed by atoms with E-state index in [1.54, 1.807) is 17.9 Å². The molecule has 118 valence electrons. The topological polar surface area (TPSA) is 63.9 Å². The highest BCUT2D eigenvalue weighted by atomic mass is 32.1. The van der Waals surface area contributed by atoms with Crippen molar-refractivity contribution in [3.63, 3.8) is 0 Å². The molecule has 0 aliphatic rings. The highest BCUT2D eigenvalue weighted by Crippen LogP contribution is 2.28. The lowest BCUT2D eigenvalue weighted by Crippen LogP contribution is -2.26. The zero-order valence-electron chi connectivity index (χ0n) is 12.8. The van der Waals surface area contributed by atoms with E-state index in [4.69, 9.17) is 0 Å². The van der Waals surface area contributed by atoms with Gasteiger partial charge < -0.3 is 0 Å². The van der Waals surface area contributed by atoms with Gasteiger partial charge in [-0.2, -0.15) is 0 Å². The number of hydrogen-bond acceptors (Lipinski definition) is 5. The van der Waals surface area contributed by atoms with Crippen molar-refractivity contribution >= 4 is 32.6 Å². The third-order valence-corrected chi connectivity index (χ3v) is 4.72. The van der Waals surface area contributed by atoms with Crippen molar-refractivity contribution in [2.24, 2.45) is 0 Å². The molecule has 6 nitrogen and oxygen atoms in total. The van der Waals surface area contributed by atoms with Crippen LogP contribution in [0.2, 0.25) is 0 Å². The fourth-order valence-electron chi connectivity index (χ4n) is 2.33. The Morgan fingerprint density at radius 3 is 2.62 bits per heavy atom. The van der Waals surface area contributed by atoms with Gasteiger partial charge in [-0.15, -0.1) is 5.10 Å². The Bertz CT molecular complexity index is 975. The van der Waals surface area contributed by atoms with E-state index in [0.717, 1.165) is 15.9 Å². The normalized spacial score (nSPS) is 10.9. The van der Waals surface area contributed by atoms with Gasteiger partial charge in [0.1, 0.15) is 0 Å². The van der Waals surface area contributed by atoms with Crippen LogP contribution in [0.3, 0.4) is 0 Å². The standard InChI is InChI=1S/C17H13N5OS/c1-21(17-18-13-9-5-6-10-15(13)24-17)16(23)14-11-22(20-19-14)12-7-3-2-4-8-12/h2-11H,1H3. The summed E-state index contributed by atoms with van der Waals surface area (Å²) in [5, 5.41) is 8.65. The van der Waals surface area contributed by atoms with Gasteiger partial charge in [0.2, 0.25) is 0 Å². The maximum Gasteiger partial charge on any atom is 0.281 e. The molecule has 24 heavy (non-hydrogen) atoms. The van der Waals surface area contributed by atoms with Gasteiger partial charge in [0.25, 0.3) is 5.91 Å². The van der Waals surface area contributed by atoms with Crippen LogP contribution in [0.1, 0.15) is 10.5 Å². The zero-order chi connectivity index (χ0) is 16.5. The van der Waals surface area contributed by atoms with Gasteiger partial charge in [0, 0.05) is 7.05 Å². The van der Waals surface area contributed by atoms with E-state index < -0.39 is 0 Å². The Hall–Kier alpha value is -3.06. The third kappa shape index (κ3) is 2.55. The Morgan fingerprint density at radius 2 is 1.83 bits per heavy atom. The Balaban J connectivity index is 1.62. The number of fused-ring (bicyclic) bond motifs is 1.